The molecule has 0 N–H and O–H groups in total. The Labute approximate surface area is 94.9 Å². The number of alkyl halides is 3. The zero-order chi connectivity index (χ0) is 12.9. The molecule has 0 atom stereocenters. The summed E-state index contributed by atoms with van der Waals surface area (Å²) in [4.78, 5) is 6.27. The number of pyridine rings is 1. The number of nitrogens with zero attached hydrogens (tertiary/aromatic N) is 4. The summed E-state index contributed by atoms with van der Waals surface area (Å²) >= 11 is 0. The highest BCUT2D eigenvalue weighted by Gasteiger charge is 2.28. The van der Waals surface area contributed by atoms with Crippen LogP contribution in [0.3, 0.4) is 0 Å². The molecule has 0 amide bonds. The van der Waals surface area contributed by atoms with Crippen LogP contribution in [0, 0.1) is 6.92 Å². The number of rotatable bonds is 4. The Kier molecular flexibility index (Phi) is 4.17. The van der Waals surface area contributed by atoms with Crippen LogP contribution in [0.5, 0.6) is 5.88 Å². The summed E-state index contributed by atoms with van der Waals surface area (Å²) in [5, 5.41) is 3.34. The average Bonchev–Trinajstić information content (AvgIpc) is 2.24. The van der Waals surface area contributed by atoms with Crippen molar-refractivity contribution >= 4 is 0 Å². The molecule has 5 nitrogen and oxygen atoms in total. The van der Waals surface area contributed by atoms with Gasteiger partial charge in [0.1, 0.15) is 0 Å². The molecule has 0 saturated heterocycles. The molecule has 0 aromatic carbocycles. The van der Waals surface area contributed by atoms with Crippen LogP contribution in [-0.2, 0) is 6.54 Å². The van der Waals surface area contributed by atoms with Gasteiger partial charge in [0.25, 0.3) is 0 Å². The Morgan fingerprint density at radius 2 is 2.24 bits per heavy atom. The lowest BCUT2D eigenvalue weighted by Gasteiger charge is -2.09. The van der Waals surface area contributed by atoms with E-state index in [2.05, 4.69) is 19.7 Å². The summed E-state index contributed by atoms with van der Waals surface area (Å²) in [6, 6.07) is 1.37. The average molecular weight is 246 g/mol. The Morgan fingerprint density at radius 1 is 1.53 bits per heavy atom. The summed E-state index contributed by atoms with van der Waals surface area (Å²) in [6.07, 6.45) is -3.06. The van der Waals surface area contributed by atoms with Gasteiger partial charge in [-0.25, -0.2) is 4.98 Å². The normalized spacial score (nSPS) is 10.8. The molecule has 1 aromatic rings. The molecule has 0 aliphatic carbocycles. The summed E-state index contributed by atoms with van der Waals surface area (Å²) in [7, 11) is 0. The van der Waals surface area contributed by atoms with Crippen LogP contribution in [-0.4, -0.2) is 17.8 Å². The monoisotopic (exact) mass is 246 g/mol. The van der Waals surface area contributed by atoms with E-state index in [1.54, 1.807) is 6.92 Å². The summed E-state index contributed by atoms with van der Waals surface area (Å²) in [5.41, 5.74) is 9.43. The number of aromatic nitrogens is 1. The molecule has 1 heterocycles. The maximum atomic E-state index is 11.9. The highest BCUT2D eigenvalue weighted by atomic mass is 19.4. The molecule has 0 aliphatic rings. The molecular formula is C9H9F3N4O. The van der Waals surface area contributed by atoms with Crippen LogP contribution < -0.4 is 4.74 Å². The van der Waals surface area contributed by atoms with Crippen molar-refractivity contribution in [3.63, 3.8) is 0 Å². The predicted octanol–water partition coefficient (Wildman–Crippen LogP) is 3.14. The van der Waals surface area contributed by atoms with Gasteiger partial charge >= 0.3 is 6.18 Å². The van der Waals surface area contributed by atoms with Crippen molar-refractivity contribution in [2.75, 3.05) is 6.61 Å². The fourth-order valence-electron chi connectivity index (χ4n) is 1.07. The molecule has 0 unspecified atom stereocenters. The number of hydrogen-bond acceptors (Lipinski definition) is 3. The predicted molar refractivity (Wildman–Crippen MR) is 53.4 cm³/mol. The topological polar surface area (TPSA) is 70.9 Å². The smallest absolute Gasteiger partial charge is 0.422 e. The first kappa shape index (κ1) is 13.1. The maximum Gasteiger partial charge on any atom is 0.422 e. The van der Waals surface area contributed by atoms with E-state index >= 15 is 0 Å². The van der Waals surface area contributed by atoms with Crippen molar-refractivity contribution in [1.29, 1.82) is 0 Å². The van der Waals surface area contributed by atoms with E-state index in [1.165, 1.54) is 12.3 Å². The van der Waals surface area contributed by atoms with Crippen molar-refractivity contribution in [2.24, 2.45) is 5.11 Å². The standard InChI is InChI=1S/C9H9F3N4O/c1-6-2-8(17-5-9(10,11)12)14-3-7(6)4-15-16-13/h2-3H,4-5H2,1H3. The number of azide groups is 1. The Morgan fingerprint density at radius 3 is 2.76 bits per heavy atom. The van der Waals surface area contributed by atoms with Gasteiger partial charge in [-0.1, -0.05) is 5.11 Å². The third kappa shape index (κ3) is 4.60. The van der Waals surface area contributed by atoms with Crippen molar-refractivity contribution in [3.8, 4) is 5.88 Å². The van der Waals surface area contributed by atoms with Gasteiger partial charge in [0.15, 0.2) is 6.61 Å². The largest absolute Gasteiger partial charge is 0.468 e. The Balaban J connectivity index is 2.71. The van der Waals surface area contributed by atoms with E-state index in [-0.39, 0.29) is 12.4 Å². The second-order valence-corrected chi connectivity index (χ2v) is 3.24. The highest BCUT2D eigenvalue weighted by Crippen LogP contribution is 2.19. The Hall–Kier alpha value is -1.95. The lowest BCUT2D eigenvalue weighted by atomic mass is 10.1. The molecule has 0 bridgehead atoms. The molecule has 0 aliphatic heterocycles. The minimum Gasteiger partial charge on any atom is -0.468 e. The minimum absolute atomic E-state index is 0.106. The van der Waals surface area contributed by atoms with E-state index in [4.69, 9.17) is 5.53 Å². The van der Waals surface area contributed by atoms with Crippen molar-refractivity contribution in [2.45, 2.75) is 19.6 Å². The van der Waals surface area contributed by atoms with Crippen LogP contribution in [0.2, 0.25) is 0 Å². The minimum atomic E-state index is -4.39. The quantitative estimate of drug-likeness (QED) is 0.465. The van der Waals surface area contributed by atoms with Crippen molar-refractivity contribution in [3.05, 3.63) is 33.8 Å². The van der Waals surface area contributed by atoms with Gasteiger partial charge in [-0.2, -0.15) is 13.2 Å². The SMILES string of the molecule is Cc1cc(OCC(F)(F)F)ncc1CN=[N+]=[N-]. The molecular weight excluding hydrogens is 237 g/mol. The molecule has 0 spiro atoms. The van der Waals surface area contributed by atoms with Gasteiger partial charge < -0.3 is 4.74 Å². The first-order valence-corrected chi connectivity index (χ1v) is 4.58. The van der Waals surface area contributed by atoms with Crippen LogP contribution in [0.15, 0.2) is 17.4 Å². The zero-order valence-electron chi connectivity index (χ0n) is 8.90. The van der Waals surface area contributed by atoms with Crippen molar-refractivity contribution < 1.29 is 17.9 Å². The number of hydrogen-bond donors (Lipinski definition) is 0. The molecule has 8 heteroatoms. The fraction of sp³-hybridized carbons (Fsp3) is 0.444. The molecule has 0 saturated carbocycles. The molecule has 1 aromatic heterocycles. The molecule has 92 valence electrons. The van der Waals surface area contributed by atoms with E-state index in [0.29, 0.717) is 11.1 Å². The van der Waals surface area contributed by atoms with Crippen LogP contribution in [0.1, 0.15) is 11.1 Å². The van der Waals surface area contributed by atoms with E-state index < -0.39 is 12.8 Å². The number of aryl methyl sites for hydroxylation is 1. The third-order valence-electron chi connectivity index (χ3n) is 1.88. The lowest BCUT2D eigenvalue weighted by molar-refractivity contribution is -0.154. The fourth-order valence-corrected chi connectivity index (χ4v) is 1.07. The van der Waals surface area contributed by atoms with Gasteiger partial charge in [-0.05, 0) is 23.6 Å². The van der Waals surface area contributed by atoms with Crippen molar-refractivity contribution in [1.82, 2.24) is 4.98 Å². The van der Waals surface area contributed by atoms with E-state index in [1.807, 2.05) is 0 Å². The third-order valence-corrected chi connectivity index (χ3v) is 1.88. The second-order valence-electron chi connectivity index (χ2n) is 3.24. The second kappa shape index (κ2) is 5.40. The van der Waals surface area contributed by atoms with Crippen LogP contribution >= 0.6 is 0 Å². The van der Waals surface area contributed by atoms with E-state index in [9.17, 15) is 13.2 Å². The lowest BCUT2D eigenvalue weighted by Crippen LogP contribution is -2.19. The van der Waals surface area contributed by atoms with Gasteiger partial charge in [0.2, 0.25) is 5.88 Å². The summed E-state index contributed by atoms with van der Waals surface area (Å²) in [6.45, 7) is 0.397. The molecule has 17 heavy (non-hydrogen) atoms. The van der Waals surface area contributed by atoms with Gasteiger partial charge in [0, 0.05) is 17.2 Å². The van der Waals surface area contributed by atoms with Gasteiger partial charge in [-0.3, -0.25) is 0 Å². The van der Waals surface area contributed by atoms with Gasteiger partial charge in [0.05, 0.1) is 6.54 Å². The zero-order valence-corrected chi connectivity index (χ0v) is 8.90. The summed E-state index contributed by atoms with van der Waals surface area (Å²) < 4.78 is 40.1. The summed E-state index contributed by atoms with van der Waals surface area (Å²) in [5.74, 6) is -0.107. The molecule has 1 rings (SSSR count). The highest BCUT2D eigenvalue weighted by molar-refractivity contribution is 5.28. The Bertz CT molecular complexity index is 440. The molecule has 0 radical (unpaired) electrons. The van der Waals surface area contributed by atoms with Crippen LogP contribution in [0.25, 0.3) is 10.4 Å². The number of halogens is 3. The molecule has 0 fully saturated rings. The van der Waals surface area contributed by atoms with E-state index in [0.717, 1.165) is 0 Å². The van der Waals surface area contributed by atoms with Gasteiger partial charge in [-0.15, -0.1) is 0 Å². The first-order valence-electron chi connectivity index (χ1n) is 4.58. The van der Waals surface area contributed by atoms with Crippen LogP contribution in [0.4, 0.5) is 13.2 Å². The number of ether oxygens (including phenoxy) is 1. The maximum absolute atomic E-state index is 11.9. The first-order chi connectivity index (χ1) is 7.92.